The van der Waals surface area contributed by atoms with E-state index in [-0.39, 0.29) is 4.90 Å². The van der Waals surface area contributed by atoms with E-state index in [2.05, 4.69) is 26.0 Å². The lowest BCUT2D eigenvalue weighted by Crippen LogP contribution is -2.37. The quantitative estimate of drug-likeness (QED) is 0.423. The van der Waals surface area contributed by atoms with Crippen molar-refractivity contribution >= 4 is 58.9 Å². The number of hydrogen-bond acceptors (Lipinski definition) is 5. The number of nitrogens with zero attached hydrogens (tertiary/aromatic N) is 1. The van der Waals surface area contributed by atoms with E-state index in [1.54, 1.807) is 30.3 Å². The normalized spacial score (nSPS) is 11.6. The van der Waals surface area contributed by atoms with Gasteiger partial charge in [-0.25, -0.2) is 16.8 Å². The Kier molecular flexibility index (Phi) is 7.69. The summed E-state index contributed by atoms with van der Waals surface area (Å²) in [6.45, 7) is 3.25. The predicted molar refractivity (Wildman–Crippen MR) is 138 cm³/mol. The lowest BCUT2D eigenvalue weighted by atomic mass is 10.1. The van der Waals surface area contributed by atoms with Crippen molar-refractivity contribution < 1.29 is 21.6 Å². The van der Waals surface area contributed by atoms with Gasteiger partial charge in [-0.2, -0.15) is 0 Å². The Hall–Kier alpha value is -2.89. The van der Waals surface area contributed by atoms with Crippen molar-refractivity contribution in [3.63, 3.8) is 0 Å². The number of halogens is 1. The summed E-state index contributed by atoms with van der Waals surface area (Å²) in [7, 11) is -7.54. The maximum Gasteiger partial charge on any atom is 0.261 e. The van der Waals surface area contributed by atoms with Gasteiger partial charge in [-0.05, 0) is 79.6 Å². The van der Waals surface area contributed by atoms with Gasteiger partial charge in [-0.15, -0.1) is 0 Å². The van der Waals surface area contributed by atoms with Gasteiger partial charge in [-0.1, -0.05) is 28.1 Å². The van der Waals surface area contributed by atoms with Crippen LogP contribution in [0.4, 0.5) is 17.1 Å². The number of aryl methyl sites for hydroxylation is 2. The highest BCUT2D eigenvalue weighted by atomic mass is 79.9. The number of hydrogen-bond donors (Lipinski definition) is 2. The van der Waals surface area contributed by atoms with Gasteiger partial charge in [-0.3, -0.25) is 13.8 Å². The van der Waals surface area contributed by atoms with Crippen LogP contribution in [0.1, 0.15) is 11.1 Å². The Balaban J connectivity index is 1.72. The van der Waals surface area contributed by atoms with Gasteiger partial charge >= 0.3 is 0 Å². The van der Waals surface area contributed by atoms with Crippen LogP contribution in [0.15, 0.2) is 76.1 Å². The molecule has 0 radical (unpaired) electrons. The molecule has 180 valence electrons. The molecule has 3 aromatic carbocycles. The molecule has 2 N–H and O–H groups in total. The molecule has 0 aromatic heterocycles. The van der Waals surface area contributed by atoms with Crippen molar-refractivity contribution in [3.05, 3.63) is 82.3 Å². The van der Waals surface area contributed by atoms with Crippen molar-refractivity contribution in [1.29, 1.82) is 0 Å². The van der Waals surface area contributed by atoms with E-state index in [1.165, 1.54) is 24.3 Å². The van der Waals surface area contributed by atoms with Gasteiger partial charge in [0.2, 0.25) is 15.9 Å². The van der Waals surface area contributed by atoms with E-state index < -0.39 is 32.5 Å². The van der Waals surface area contributed by atoms with E-state index >= 15 is 0 Å². The highest BCUT2D eigenvalue weighted by Gasteiger charge is 2.21. The molecule has 0 saturated heterocycles. The highest BCUT2D eigenvalue weighted by molar-refractivity contribution is 9.10. The van der Waals surface area contributed by atoms with Crippen LogP contribution in [0.25, 0.3) is 0 Å². The second-order valence-electron chi connectivity index (χ2n) is 7.74. The molecule has 0 spiro atoms. The number of nitrogens with one attached hydrogen (secondary N) is 2. The second-order valence-corrected chi connectivity index (χ2v) is 12.2. The van der Waals surface area contributed by atoms with E-state index in [9.17, 15) is 21.6 Å². The van der Waals surface area contributed by atoms with Gasteiger partial charge in [0, 0.05) is 10.2 Å². The third-order valence-electron chi connectivity index (χ3n) is 4.89. The molecule has 3 rings (SSSR count). The van der Waals surface area contributed by atoms with Gasteiger partial charge in [0.1, 0.15) is 6.54 Å². The van der Waals surface area contributed by atoms with Gasteiger partial charge in [0.25, 0.3) is 10.0 Å². The molecule has 11 heteroatoms. The van der Waals surface area contributed by atoms with Crippen LogP contribution in [-0.2, 0) is 24.8 Å². The summed E-state index contributed by atoms with van der Waals surface area (Å²) < 4.78 is 54.3. The summed E-state index contributed by atoms with van der Waals surface area (Å²) in [4.78, 5) is 12.6. The Morgan fingerprint density at radius 1 is 0.912 bits per heavy atom. The van der Waals surface area contributed by atoms with E-state index in [0.717, 1.165) is 26.2 Å². The molecule has 0 aliphatic heterocycles. The maximum atomic E-state index is 12.8. The Morgan fingerprint density at radius 2 is 1.53 bits per heavy atom. The first-order valence-electron chi connectivity index (χ1n) is 10.1. The van der Waals surface area contributed by atoms with Gasteiger partial charge < -0.3 is 5.32 Å². The molecular formula is C23H24BrN3O5S2. The van der Waals surface area contributed by atoms with Crippen molar-refractivity contribution in [2.75, 3.05) is 27.1 Å². The molecule has 0 aliphatic rings. The molecule has 8 nitrogen and oxygen atoms in total. The molecule has 0 aliphatic carbocycles. The molecular weight excluding hydrogens is 542 g/mol. The number of benzene rings is 3. The summed E-state index contributed by atoms with van der Waals surface area (Å²) in [5.74, 6) is -0.572. The number of anilines is 3. The van der Waals surface area contributed by atoms with Crippen LogP contribution < -0.4 is 14.3 Å². The fourth-order valence-corrected chi connectivity index (χ4v) is 5.35. The monoisotopic (exact) mass is 565 g/mol. The van der Waals surface area contributed by atoms with Crippen molar-refractivity contribution in [3.8, 4) is 0 Å². The van der Waals surface area contributed by atoms with Crippen LogP contribution >= 0.6 is 15.9 Å². The molecule has 0 bridgehead atoms. The van der Waals surface area contributed by atoms with Crippen molar-refractivity contribution in [1.82, 2.24) is 0 Å². The van der Waals surface area contributed by atoms with Gasteiger partial charge in [0.15, 0.2) is 0 Å². The first-order valence-corrected chi connectivity index (χ1v) is 14.2. The average Bonchev–Trinajstić information content (AvgIpc) is 2.75. The summed E-state index contributed by atoms with van der Waals surface area (Å²) in [6.07, 6.45) is 1.02. The molecule has 34 heavy (non-hydrogen) atoms. The van der Waals surface area contributed by atoms with Crippen LogP contribution in [-0.4, -0.2) is 35.5 Å². The zero-order chi connectivity index (χ0) is 25.1. The maximum absolute atomic E-state index is 12.8. The lowest BCUT2D eigenvalue weighted by molar-refractivity contribution is -0.114. The zero-order valence-electron chi connectivity index (χ0n) is 18.7. The lowest BCUT2D eigenvalue weighted by Gasteiger charge is -2.22. The number of carbonyl (C=O) groups is 1. The van der Waals surface area contributed by atoms with Crippen molar-refractivity contribution in [2.24, 2.45) is 0 Å². The van der Waals surface area contributed by atoms with E-state index in [0.29, 0.717) is 17.1 Å². The average molecular weight is 566 g/mol. The highest BCUT2D eigenvalue weighted by Crippen LogP contribution is 2.23. The fraction of sp³-hybridized carbons (Fsp3) is 0.174. The molecule has 0 atom stereocenters. The molecule has 0 fully saturated rings. The van der Waals surface area contributed by atoms with Crippen LogP contribution in [0.3, 0.4) is 0 Å². The molecule has 3 aromatic rings. The standard InChI is InChI=1S/C23H24BrN3O5S2/c1-16-4-5-17(2)22(14-16)26-34(31,32)21-12-8-19(9-13-21)25-23(28)15-27(33(3,29)30)20-10-6-18(24)7-11-20/h4-14,26H,15H2,1-3H3,(H,25,28). The third-order valence-corrected chi connectivity index (χ3v) is 7.94. The minimum absolute atomic E-state index is 0.0269. The van der Waals surface area contributed by atoms with E-state index in [4.69, 9.17) is 0 Å². The topological polar surface area (TPSA) is 113 Å². The zero-order valence-corrected chi connectivity index (χ0v) is 22.0. The Bertz CT molecular complexity index is 1410. The Morgan fingerprint density at radius 3 is 2.12 bits per heavy atom. The van der Waals surface area contributed by atoms with Crippen LogP contribution in [0.5, 0.6) is 0 Å². The van der Waals surface area contributed by atoms with Crippen LogP contribution in [0, 0.1) is 13.8 Å². The fourth-order valence-electron chi connectivity index (χ4n) is 3.11. The number of carbonyl (C=O) groups excluding carboxylic acids is 1. The first kappa shape index (κ1) is 25.7. The Labute approximate surface area is 208 Å². The van der Waals surface area contributed by atoms with Crippen molar-refractivity contribution in [2.45, 2.75) is 18.7 Å². The predicted octanol–water partition coefficient (Wildman–Crippen LogP) is 4.27. The molecule has 0 unspecified atom stereocenters. The number of rotatable bonds is 8. The van der Waals surface area contributed by atoms with E-state index in [1.807, 2.05) is 26.0 Å². The summed E-state index contributed by atoms with van der Waals surface area (Å²) >= 11 is 3.29. The molecule has 0 heterocycles. The number of sulfonamides is 2. The summed E-state index contributed by atoms with van der Waals surface area (Å²) in [6, 6.07) is 17.6. The summed E-state index contributed by atoms with van der Waals surface area (Å²) in [5.41, 5.74) is 2.89. The second kappa shape index (κ2) is 10.2. The SMILES string of the molecule is Cc1ccc(C)c(NS(=O)(=O)c2ccc(NC(=O)CN(c3ccc(Br)cc3)S(C)(=O)=O)cc2)c1. The smallest absolute Gasteiger partial charge is 0.261 e. The minimum atomic E-state index is -3.83. The number of amides is 1. The molecule has 1 amide bonds. The first-order chi connectivity index (χ1) is 15.8. The molecule has 0 saturated carbocycles. The summed E-state index contributed by atoms with van der Waals surface area (Å²) in [5, 5.41) is 2.60. The van der Waals surface area contributed by atoms with Gasteiger partial charge in [0.05, 0.1) is 22.5 Å². The largest absolute Gasteiger partial charge is 0.325 e. The third kappa shape index (κ3) is 6.58. The van der Waals surface area contributed by atoms with Crippen LogP contribution in [0.2, 0.25) is 0 Å². The minimum Gasteiger partial charge on any atom is -0.325 e.